The molecule has 20 heavy (non-hydrogen) atoms. The lowest BCUT2D eigenvalue weighted by Crippen LogP contribution is -2.48. The van der Waals surface area contributed by atoms with Gasteiger partial charge in [-0.1, -0.05) is 29.3 Å². The third-order valence-corrected chi connectivity index (χ3v) is 4.23. The highest BCUT2D eigenvalue weighted by atomic mass is 35.5. The van der Waals surface area contributed by atoms with Gasteiger partial charge in [0.2, 0.25) is 0 Å². The second-order valence-corrected chi connectivity index (χ2v) is 6.44. The van der Waals surface area contributed by atoms with Gasteiger partial charge in [-0.15, -0.1) is 0 Å². The first-order valence-corrected chi connectivity index (χ1v) is 7.48. The van der Waals surface area contributed by atoms with Crippen molar-refractivity contribution in [3.05, 3.63) is 33.8 Å². The molecule has 1 fully saturated rings. The Morgan fingerprint density at radius 2 is 2.15 bits per heavy atom. The molecule has 0 bridgehead atoms. The minimum atomic E-state index is -0.144. The fourth-order valence-corrected chi connectivity index (χ4v) is 2.82. The second-order valence-electron chi connectivity index (χ2n) is 5.66. The number of halogens is 2. The van der Waals surface area contributed by atoms with E-state index in [-0.39, 0.29) is 11.4 Å². The van der Waals surface area contributed by atoms with E-state index in [0.29, 0.717) is 35.2 Å². The van der Waals surface area contributed by atoms with Gasteiger partial charge in [-0.25, -0.2) is 0 Å². The summed E-state index contributed by atoms with van der Waals surface area (Å²) in [7, 11) is 0. The average molecular weight is 316 g/mol. The Labute approximate surface area is 129 Å². The van der Waals surface area contributed by atoms with Gasteiger partial charge in [-0.05, 0) is 26.0 Å². The van der Waals surface area contributed by atoms with Gasteiger partial charge in [-0.3, -0.25) is 9.69 Å². The molecule has 0 unspecified atom stereocenters. The summed E-state index contributed by atoms with van der Waals surface area (Å²) in [5, 5.41) is 0.770. The van der Waals surface area contributed by atoms with Crippen LogP contribution < -0.4 is 0 Å². The van der Waals surface area contributed by atoms with E-state index in [9.17, 15) is 4.79 Å². The summed E-state index contributed by atoms with van der Waals surface area (Å²) >= 11 is 12.0. The smallest absolute Gasteiger partial charge is 0.165 e. The standard InChI is InChI=1S/C15H19Cl2NO2/c1-15(2)10-18(8-9-20-15)7-6-13(19)11-4-3-5-12(16)14(11)17/h3-5H,6-10H2,1-2H3. The fourth-order valence-electron chi connectivity index (χ4n) is 2.42. The van der Waals surface area contributed by atoms with Crippen molar-refractivity contribution < 1.29 is 9.53 Å². The molecule has 2 rings (SSSR count). The van der Waals surface area contributed by atoms with E-state index >= 15 is 0 Å². The summed E-state index contributed by atoms with van der Waals surface area (Å²) in [5.41, 5.74) is 0.362. The Kier molecular flexibility index (Phi) is 5.08. The molecule has 0 aliphatic carbocycles. The van der Waals surface area contributed by atoms with Crippen LogP contribution in [0.1, 0.15) is 30.6 Å². The van der Waals surface area contributed by atoms with Crippen LogP contribution in [-0.4, -0.2) is 42.5 Å². The average Bonchev–Trinajstić information content (AvgIpc) is 2.38. The Balaban J connectivity index is 1.94. The summed E-state index contributed by atoms with van der Waals surface area (Å²) in [6, 6.07) is 5.16. The molecule has 1 saturated heterocycles. The maximum atomic E-state index is 12.2. The van der Waals surface area contributed by atoms with Gasteiger partial charge in [0.25, 0.3) is 0 Å². The molecule has 5 heteroatoms. The molecule has 0 atom stereocenters. The van der Waals surface area contributed by atoms with Gasteiger partial charge in [0.05, 0.1) is 22.3 Å². The number of Topliss-reactive ketones (excluding diaryl/α,β-unsaturated/α-hetero) is 1. The Hall–Kier alpha value is -0.610. The zero-order valence-corrected chi connectivity index (χ0v) is 13.3. The van der Waals surface area contributed by atoms with Crippen molar-refractivity contribution in [2.24, 2.45) is 0 Å². The van der Waals surface area contributed by atoms with Gasteiger partial charge in [-0.2, -0.15) is 0 Å². The van der Waals surface area contributed by atoms with Crippen LogP contribution in [0.15, 0.2) is 18.2 Å². The number of carbonyl (C=O) groups is 1. The largest absolute Gasteiger partial charge is 0.373 e. The number of hydrogen-bond donors (Lipinski definition) is 0. The lowest BCUT2D eigenvalue weighted by atomic mass is 10.1. The molecule has 1 heterocycles. The number of rotatable bonds is 4. The topological polar surface area (TPSA) is 29.5 Å². The van der Waals surface area contributed by atoms with Crippen LogP contribution in [-0.2, 0) is 4.74 Å². The quantitative estimate of drug-likeness (QED) is 0.794. The molecule has 1 aromatic carbocycles. The summed E-state index contributed by atoms with van der Waals surface area (Å²) < 4.78 is 5.66. The van der Waals surface area contributed by atoms with Gasteiger partial charge in [0.1, 0.15) is 0 Å². The van der Waals surface area contributed by atoms with Crippen molar-refractivity contribution in [1.29, 1.82) is 0 Å². The van der Waals surface area contributed by atoms with Gasteiger partial charge in [0, 0.05) is 31.6 Å². The summed E-state index contributed by atoms with van der Waals surface area (Å²) in [6.45, 7) is 7.25. The van der Waals surface area contributed by atoms with Crippen molar-refractivity contribution in [2.45, 2.75) is 25.9 Å². The van der Waals surface area contributed by atoms with Crippen molar-refractivity contribution in [2.75, 3.05) is 26.2 Å². The van der Waals surface area contributed by atoms with Crippen LogP contribution in [0.5, 0.6) is 0 Å². The highest BCUT2D eigenvalue weighted by Gasteiger charge is 2.27. The molecular formula is C15H19Cl2NO2. The van der Waals surface area contributed by atoms with Crippen LogP contribution >= 0.6 is 23.2 Å². The minimum Gasteiger partial charge on any atom is -0.373 e. The summed E-state index contributed by atoms with van der Waals surface area (Å²) in [4.78, 5) is 14.5. The Morgan fingerprint density at radius 1 is 1.40 bits per heavy atom. The molecule has 3 nitrogen and oxygen atoms in total. The number of ketones is 1. The van der Waals surface area contributed by atoms with Gasteiger partial charge >= 0.3 is 0 Å². The van der Waals surface area contributed by atoms with E-state index in [1.807, 2.05) is 0 Å². The van der Waals surface area contributed by atoms with Crippen molar-refractivity contribution in [3.63, 3.8) is 0 Å². The van der Waals surface area contributed by atoms with E-state index in [0.717, 1.165) is 13.1 Å². The third-order valence-electron chi connectivity index (χ3n) is 3.41. The zero-order chi connectivity index (χ0) is 14.8. The van der Waals surface area contributed by atoms with E-state index in [4.69, 9.17) is 27.9 Å². The van der Waals surface area contributed by atoms with Crippen LogP contribution in [0.2, 0.25) is 10.0 Å². The van der Waals surface area contributed by atoms with Gasteiger partial charge in [0.15, 0.2) is 5.78 Å². The number of hydrogen-bond acceptors (Lipinski definition) is 3. The molecule has 0 N–H and O–H groups in total. The van der Waals surface area contributed by atoms with Crippen LogP contribution in [0.4, 0.5) is 0 Å². The SMILES string of the molecule is CC1(C)CN(CCC(=O)c2cccc(Cl)c2Cl)CCO1. The molecule has 0 amide bonds. The molecule has 0 aromatic heterocycles. The van der Waals surface area contributed by atoms with Crippen molar-refractivity contribution in [1.82, 2.24) is 4.90 Å². The second kappa shape index (κ2) is 6.44. The van der Waals surface area contributed by atoms with Crippen LogP contribution in [0.25, 0.3) is 0 Å². The first-order valence-electron chi connectivity index (χ1n) is 6.72. The zero-order valence-electron chi connectivity index (χ0n) is 11.8. The fraction of sp³-hybridized carbons (Fsp3) is 0.533. The van der Waals surface area contributed by atoms with Crippen LogP contribution in [0.3, 0.4) is 0 Å². The van der Waals surface area contributed by atoms with Crippen LogP contribution in [0, 0.1) is 0 Å². The molecular weight excluding hydrogens is 297 g/mol. The maximum absolute atomic E-state index is 12.2. The van der Waals surface area contributed by atoms with Gasteiger partial charge < -0.3 is 4.74 Å². The molecule has 0 radical (unpaired) electrons. The highest BCUT2D eigenvalue weighted by Crippen LogP contribution is 2.26. The lowest BCUT2D eigenvalue weighted by Gasteiger charge is -2.38. The number of morpholine rings is 1. The first-order chi connectivity index (χ1) is 9.39. The lowest BCUT2D eigenvalue weighted by molar-refractivity contribution is -0.0855. The van der Waals surface area contributed by atoms with Crippen molar-refractivity contribution in [3.8, 4) is 0 Å². The molecule has 1 aromatic rings. The molecule has 110 valence electrons. The van der Waals surface area contributed by atoms with E-state index in [1.54, 1.807) is 18.2 Å². The third kappa shape index (κ3) is 3.95. The number of nitrogens with zero attached hydrogens (tertiary/aromatic N) is 1. The number of carbonyl (C=O) groups excluding carboxylic acids is 1. The predicted molar refractivity (Wildman–Crippen MR) is 81.9 cm³/mol. The molecule has 0 saturated carbocycles. The van der Waals surface area contributed by atoms with E-state index in [1.165, 1.54) is 0 Å². The monoisotopic (exact) mass is 315 g/mol. The Morgan fingerprint density at radius 3 is 2.85 bits per heavy atom. The highest BCUT2D eigenvalue weighted by molar-refractivity contribution is 6.43. The minimum absolute atomic E-state index is 0.0294. The molecule has 1 aliphatic rings. The predicted octanol–water partition coefficient (Wildman–Crippen LogP) is 3.68. The maximum Gasteiger partial charge on any atom is 0.165 e. The molecule has 0 spiro atoms. The Bertz CT molecular complexity index is 503. The normalized spacial score (nSPS) is 19.0. The van der Waals surface area contributed by atoms with E-state index < -0.39 is 0 Å². The summed E-state index contributed by atoms with van der Waals surface area (Å²) in [6.07, 6.45) is 0.441. The summed E-state index contributed by atoms with van der Waals surface area (Å²) in [5.74, 6) is 0.0294. The first kappa shape index (κ1) is 15.8. The van der Waals surface area contributed by atoms with Crippen molar-refractivity contribution >= 4 is 29.0 Å². The number of benzene rings is 1. The van der Waals surface area contributed by atoms with E-state index in [2.05, 4.69) is 18.7 Å². The number of ether oxygens (including phenoxy) is 1. The molecule has 1 aliphatic heterocycles.